The smallest absolute Gasteiger partial charge is 0.323 e. The highest BCUT2D eigenvalue weighted by Crippen LogP contribution is 2.36. The van der Waals surface area contributed by atoms with Gasteiger partial charge in [0.25, 0.3) is 0 Å². The van der Waals surface area contributed by atoms with Crippen LogP contribution in [0.5, 0.6) is 5.75 Å². The Balaban J connectivity index is 2.11. The number of carbonyl (C=O) groups is 1. The summed E-state index contributed by atoms with van der Waals surface area (Å²) in [6.07, 6.45) is 0.445. The van der Waals surface area contributed by atoms with Gasteiger partial charge in [-0.15, -0.1) is 0 Å². The summed E-state index contributed by atoms with van der Waals surface area (Å²) in [5, 5.41) is 4.24. The predicted octanol–water partition coefficient (Wildman–Crippen LogP) is 2.89. The molecule has 1 heterocycles. The Bertz CT molecular complexity index is 534. The molecule has 1 aromatic rings. The largest absolute Gasteiger partial charge is 0.487 e. The highest BCUT2D eigenvalue weighted by atomic mass is 35.5. The predicted molar refractivity (Wildman–Crippen MR) is 78.8 cm³/mol. The third-order valence-electron chi connectivity index (χ3n) is 3.44. The molecule has 1 aromatic carbocycles. The summed E-state index contributed by atoms with van der Waals surface area (Å²) in [6, 6.07) is 1.50. The zero-order chi connectivity index (χ0) is 14.9. The number of aryl methyl sites for hydroxylation is 1. The first-order chi connectivity index (χ1) is 9.43. The standard InChI is InChI=1S/C14H17Cl2NO3/c1-7-4-11(13(16)8(2)12(7)15)20-9-5-10(17-6-9)14(18)19-3/h4,9-10,17H,5-6H2,1-3H3/t9-,10+/m1/s1. The maximum atomic E-state index is 11.4. The summed E-state index contributed by atoms with van der Waals surface area (Å²) >= 11 is 12.4. The monoisotopic (exact) mass is 317 g/mol. The zero-order valence-electron chi connectivity index (χ0n) is 11.6. The maximum Gasteiger partial charge on any atom is 0.323 e. The zero-order valence-corrected chi connectivity index (χ0v) is 13.1. The van der Waals surface area contributed by atoms with Crippen LogP contribution in [0.3, 0.4) is 0 Å². The average Bonchev–Trinajstić information content (AvgIpc) is 2.90. The molecular weight excluding hydrogens is 301 g/mol. The molecule has 2 atom stereocenters. The first-order valence-corrected chi connectivity index (χ1v) is 7.12. The lowest BCUT2D eigenvalue weighted by atomic mass is 10.1. The number of hydrogen-bond donors (Lipinski definition) is 1. The Morgan fingerprint density at radius 1 is 1.35 bits per heavy atom. The molecule has 4 nitrogen and oxygen atoms in total. The quantitative estimate of drug-likeness (QED) is 0.871. The van der Waals surface area contributed by atoms with E-state index in [1.165, 1.54) is 7.11 Å². The van der Waals surface area contributed by atoms with Gasteiger partial charge in [-0.05, 0) is 31.0 Å². The van der Waals surface area contributed by atoms with Gasteiger partial charge in [0.15, 0.2) is 0 Å². The minimum atomic E-state index is -0.321. The number of esters is 1. The minimum Gasteiger partial charge on any atom is -0.487 e. The summed E-state index contributed by atoms with van der Waals surface area (Å²) in [5.41, 5.74) is 1.72. The fourth-order valence-electron chi connectivity index (χ4n) is 2.28. The number of methoxy groups -OCH3 is 1. The van der Waals surface area contributed by atoms with E-state index in [1.807, 2.05) is 19.9 Å². The van der Waals surface area contributed by atoms with Crippen LogP contribution in [0.2, 0.25) is 10.0 Å². The van der Waals surface area contributed by atoms with Gasteiger partial charge in [0, 0.05) is 18.0 Å². The van der Waals surface area contributed by atoms with Crippen LogP contribution in [0.25, 0.3) is 0 Å². The Labute approximate surface area is 128 Å². The van der Waals surface area contributed by atoms with Crippen molar-refractivity contribution in [2.24, 2.45) is 0 Å². The van der Waals surface area contributed by atoms with Gasteiger partial charge in [-0.3, -0.25) is 4.79 Å². The Morgan fingerprint density at radius 3 is 2.70 bits per heavy atom. The molecule has 2 rings (SSSR count). The summed E-state index contributed by atoms with van der Waals surface area (Å²) in [6.45, 7) is 4.34. The molecule has 6 heteroatoms. The second kappa shape index (κ2) is 6.20. The fourth-order valence-corrected chi connectivity index (χ4v) is 2.67. The third kappa shape index (κ3) is 3.03. The van der Waals surface area contributed by atoms with Gasteiger partial charge in [0.2, 0.25) is 0 Å². The molecule has 0 saturated carbocycles. The van der Waals surface area contributed by atoms with Gasteiger partial charge in [0.1, 0.15) is 17.9 Å². The lowest BCUT2D eigenvalue weighted by Gasteiger charge is -2.17. The second-order valence-electron chi connectivity index (χ2n) is 4.90. The molecule has 0 radical (unpaired) electrons. The van der Waals surface area contributed by atoms with E-state index in [-0.39, 0.29) is 18.1 Å². The van der Waals surface area contributed by atoms with Crippen molar-refractivity contribution < 1.29 is 14.3 Å². The molecule has 1 saturated heterocycles. The summed E-state index contributed by atoms with van der Waals surface area (Å²) < 4.78 is 10.6. The normalized spacial score (nSPS) is 21.9. The molecule has 110 valence electrons. The van der Waals surface area contributed by atoms with Crippen molar-refractivity contribution in [2.45, 2.75) is 32.4 Å². The van der Waals surface area contributed by atoms with E-state index >= 15 is 0 Å². The van der Waals surface area contributed by atoms with E-state index in [4.69, 9.17) is 32.7 Å². The van der Waals surface area contributed by atoms with Crippen LogP contribution >= 0.6 is 23.2 Å². The average molecular weight is 318 g/mol. The first kappa shape index (κ1) is 15.4. The van der Waals surface area contributed by atoms with Gasteiger partial charge in [-0.1, -0.05) is 23.2 Å². The van der Waals surface area contributed by atoms with E-state index in [1.54, 1.807) is 0 Å². The molecule has 0 aliphatic carbocycles. The highest BCUT2D eigenvalue weighted by Gasteiger charge is 2.31. The van der Waals surface area contributed by atoms with Crippen molar-refractivity contribution in [1.82, 2.24) is 5.32 Å². The van der Waals surface area contributed by atoms with Crippen molar-refractivity contribution in [3.63, 3.8) is 0 Å². The molecule has 0 aromatic heterocycles. The van der Waals surface area contributed by atoms with E-state index in [0.29, 0.717) is 28.8 Å². The SMILES string of the molecule is COC(=O)[C@@H]1C[C@@H](Oc2cc(C)c(Cl)c(C)c2Cl)CN1. The first-order valence-electron chi connectivity index (χ1n) is 6.37. The lowest BCUT2D eigenvalue weighted by Crippen LogP contribution is -2.31. The fraction of sp³-hybridized carbons (Fsp3) is 0.500. The number of carbonyl (C=O) groups excluding carboxylic acids is 1. The topological polar surface area (TPSA) is 47.6 Å². The van der Waals surface area contributed by atoms with Crippen LogP contribution in [0, 0.1) is 13.8 Å². The molecule has 1 N–H and O–H groups in total. The van der Waals surface area contributed by atoms with Crippen molar-refractivity contribution >= 4 is 29.2 Å². The Kier molecular flexibility index (Phi) is 4.78. The van der Waals surface area contributed by atoms with Gasteiger partial charge in [0.05, 0.1) is 12.1 Å². The van der Waals surface area contributed by atoms with Crippen LogP contribution in [-0.4, -0.2) is 31.8 Å². The molecule has 1 aliphatic heterocycles. The van der Waals surface area contributed by atoms with Crippen LogP contribution in [0.4, 0.5) is 0 Å². The van der Waals surface area contributed by atoms with Crippen LogP contribution < -0.4 is 10.1 Å². The number of hydrogen-bond acceptors (Lipinski definition) is 4. The van der Waals surface area contributed by atoms with Crippen molar-refractivity contribution in [1.29, 1.82) is 0 Å². The molecule has 20 heavy (non-hydrogen) atoms. The van der Waals surface area contributed by atoms with Crippen molar-refractivity contribution in [3.05, 3.63) is 27.2 Å². The second-order valence-corrected chi connectivity index (χ2v) is 5.66. The van der Waals surface area contributed by atoms with Gasteiger partial charge >= 0.3 is 5.97 Å². The van der Waals surface area contributed by atoms with Crippen LogP contribution in [0.15, 0.2) is 6.07 Å². The minimum absolute atomic E-state index is 0.114. The van der Waals surface area contributed by atoms with E-state index < -0.39 is 0 Å². The third-order valence-corrected chi connectivity index (χ3v) is 4.49. The van der Waals surface area contributed by atoms with Crippen molar-refractivity contribution in [3.8, 4) is 5.75 Å². The molecule has 1 fully saturated rings. The number of nitrogens with one attached hydrogen (secondary N) is 1. The molecule has 0 bridgehead atoms. The molecule has 0 amide bonds. The van der Waals surface area contributed by atoms with Crippen LogP contribution in [0.1, 0.15) is 17.5 Å². The number of halogens is 2. The highest BCUT2D eigenvalue weighted by molar-refractivity contribution is 6.37. The number of rotatable bonds is 3. The van der Waals surface area contributed by atoms with E-state index in [9.17, 15) is 4.79 Å². The molecule has 0 spiro atoms. The Morgan fingerprint density at radius 2 is 2.05 bits per heavy atom. The Hall–Kier alpha value is -0.970. The van der Waals surface area contributed by atoms with Gasteiger partial charge in [-0.2, -0.15) is 0 Å². The summed E-state index contributed by atoms with van der Waals surface area (Å²) in [4.78, 5) is 11.4. The van der Waals surface area contributed by atoms with E-state index in [0.717, 1.165) is 11.1 Å². The van der Waals surface area contributed by atoms with Crippen LogP contribution in [-0.2, 0) is 9.53 Å². The van der Waals surface area contributed by atoms with Gasteiger partial charge < -0.3 is 14.8 Å². The summed E-state index contributed by atoms with van der Waals surface area (Å²) in [7, 11) is 1.38. The maximum absolute atomic E-state index is 11.4. The van der Waals surface area contributed by atoms with Crippen molar-refractivity contribution in [2.75, 3.05) is 13.7 Å². The molecule has 0 unspecified atom stereocenters. The lowest BCUT2D eigenvalue weighted by molar-refractivity contribution is -0.142. The molecule has 1 aliphatic rings. The summed E-state index contributed by atoms with van der Waals surface area (Å²) in [5.74, 6) is 0.328. The molecular formula is C14H17Cl2NO3. The number of ether oxygens (including phenoxy) is 2. The number of benzene rings is 1. The van der Waals surface area contributed by atoms with Gasteiger partial charge in [-0.25, -0.2) is 0 Å². The van der Waals surface area contributed by atoms with E-state index in [2.05, 4.69) is 5.32 Å².